The zero-order chi connectivity index (χ0) is 15.9. The number of aryl methyl sites for hydroxylation is 1. The monoisotopic (exact) mass is 319 g/mol. The summed E-state index contributed by atoms with van der Waals surface area (Å²) in [6.07, 6.45) is 1.02. The van der Waals surface area contributed by atoms with Crippen molar-refractivity contribution in [3.8, 4) is 0 Å². The standard InChI is InChI=1S/C15H21N5OS/c1-4-11-5-7-12(8-6-11)13(20(2)3)9-16-14(21)18-15-19-17-10-22-15/h5-8,10,13H,4,9H2,1-3H3,(H2,16,18,19,21)/t13-/m1/s1. The van der Waals surface area contributed by atoms with Crippen LogP contribution >= 0.6 is 11.3 Å². The highest BCUT2D eigenvalue weighted by atomic mass is 32.1. The number of nitrogens with one attached hydrogen (secondary N) is 2. The van der Waals surface area contributed by atoms with Gasteiger partial charge in [0.05, 0.1) is 6.04 Å². The van der Waals surface area contributed by atoms with Crippen molar-refractivity contribution in [1.82, 2.24) is 20.4 Å². The Morgan fingerprint density at radius 3 is 2.59 bits per heavy atom. The molecule has 0 aliphatic rings. The first-order chi connectivity index (χ1) is 10.6. The van der Waals surface area contributed by atoms with E-state index in [1.165, 1.54) is 22.5 Å². The molecule has 0 bridgehead atoms. The van der Waals surface area contributed by atoms with Gasteiger partial charge in [0.25, 0.3) is 0 Å². The highest BCUT2D eigenvalue weighted by Gasteiger charge is 2.15. The smallest absolute Gasteiger partial charge is 0.321 e. The Hall–Kier alpha value is -1.99. The summed E-state index contributed by atoms with van der Waals surface area (Å²) in [5, 5.41) is 13.5. The van der Waals surface area contributed by atoms with Crippen LogP contribution in [0.3, 0.4) is 0 Å². The van der Waals surface area contributed by atoms with Crippen LogP contribution in [0.15, 0.2) is 29.8 Å². The van der Waals surface area contributed by atoms with Crippen molar-refractivity contribution in [2.45, 2.75) is 19.4 Å². The molecule has 1 aromatic heterocycles. The third kappa shape index (κ3) is 4.51. The second-order valence-electron chi connectivity index (χ2n) is 5.15. The molecule has 2 rings (SSSR count). The molecule has 0 spiro atoms. The topological polar surface area (TPSA) is 70.1 Å². The number of nitrogens with zero attached hydrogens (tertiary/aromatic N) is 3. The Labute approximate surface area is 134 Å². The minimum absolute atomic E-state index is 0.117. The molecule has 1 heterocycles. The number of anilines is 1. The van der Waals surface area contributed by atoms with E-state index in [4.69, 9.17) is 0 Å². The summed E-state index contributed by atoms with van der Waals surface area (Å²) in [5.74, 6) is 0. The number of carbonyl (C=O) groups excluding carboxylic acids is 1. The minimum atomic E-state index is -0.270. The fourth-order valence-corrected chi connectivity index (χ4v) is 2.57. The van der Waals surface area contributed by atoms with Gasteiger partial charge in [-0.1, -0.05) is 42.5 Å². The van der Waals surface area contributed by atoms with Gasteiger partial charge in [0.2, 0.25) is 5.13 Å². The zero-order valence-corrected chi connectivity index (χ0v) is 13.9. The van der Waals surface area contributed by atoms with Gasteiger partial charge in [0.15, 0.2) is 0 Å². The average Bonchev–Trinajstić information content (AvgIpc) is 3.00. The second-order valence-corrected chi connectivity index (χ2v) is 5.99. The van der Waals surface area contributed by atoms with E-state index in [1.54, 1.807) is 5.51 Å². The summed E-state index contributed by atoms with van der Waals surface area (Å²) in [4.78, 5) is 14.0. The summed E-state index contributed by atoms with van der Waals surface area (Å²) >= 11 is 1.29. The van der Waals surface area contributed by atoms with Crippen molar-refractivity contribution in [3.63, 3.8) is 0 Å². The van der Waals surface area contributed by atoms with E-state index in [-0.39, 0.29) is 12.1 Å². The van der Waals surface area contributed by atoms with Crippen LogP contribution in [0.1, 0.15) is 24.1 Å². The molecule has 0 aliphatic heterocycles. The lowest BCUT2D eigenvalue weighted by Gasteiger charge is -2.25. The molecule has 1 aromatic carbocycles. The quantitative estimate of drug-likeness (QED) is 0.858. The first kappa shape index (κ1) is 16.4. The molecule has 6 nitrogen and oxygen atoms in total. The molecule has 2 N–H and O–H groups in total. The maximum absolute atomic E-state index is 11.9. The van der Waals surface area contributed by atoms with Crippen molar-refractivity contribution < 1.29 is 4.79 Å². The Balaban J connectivity index is 1.95. The van der Waals surface area contributed by atoms with Crippen molar-refractivity contribution in [2.24, 2.45) is 0 Å². The highest BCUT2D eigenvalue weighted by molar-refractivity contribution is 7.13. The van der Waals surface area contributed by atoms with Gasteiger partial charge in [-0.05, 0) is 31.6 Å². The fraction of sp³-hybridized carbons (Fsp3) is 0.400. The van der Waals surface area contributed by atoms with Crippen LogP contribution < -0.4 is 10.6 Å². The van der Waals surface area contributed by atoms with E-state index in [0.29, 0.717) is 11.7 Å². The van der Waals surface area contributed by atoms with Crippen LogP contribution in [-0.2, 0) is 6.42 Å². The number of likely N-dealkylation sites (N-methyl/N-ethyl adjacent to an activating group) is 1. The summed E-state index contributed by atoms with van der Waals surface area (Å²) in [7, 11) is 4.01. The Bertz CT molecular complexity index is 582. The molecule has 1 atom stereocenters. The predicted molar refractivity (Wildman–Crippen MR) is 89.2 cm³/mol. The molecule has 2 aromatic rings. The van der Waals surface area contributed by atoms with Gasteiger partial charge in [0, 0.05) is 6.54 Å². The van der Waals surface area contributed by atoms with Crippen molar-refractivity contribution in [2.75, 3.05) is 26.0 Å². The molecule has 118 valence electrons. The number of hydrogen-bond acceptors (Lipinski definition) is 5. The first-order valence-electron chi connectivity index (χ1n) is 7.16. The van der Waals surface area contributed by atoms with Crippen LogP contribution in [0.2, 0.25) is 0 Å². The van der Waals surface area contributed by atoms with E-state index >= 15 is 0 Å². The van der Waals surface area contributed by atoms with Gasteiger partial charge in [-0.25, -0.2) is 4.79 Å². The summed E-state index contributed by atoms with van der Waals surface area (Å²) < 4.78 is 0. The summed E-state index contributed by atoms with van der Waals surface area (Å²) in [6.45, 7) is 2.65. The largest absolute Gasteiger partial charge is 0.336 e. The first-order valence-corrected chi connectivity index (χ1v) is 8.04. The van der Waals surface area contributed by atoms with Gasteiger partial charge in [0.1, 0.15) is 5.51 Å². The average molecular weight is 319 g/mol. The normalized spacial score (nSPS) is 12.2. The van der Waals surface area contributed by atoms with Crippen LogP contribution in [0, 0.1) is 0 Å². The lowest BCUT2D eigenvalue weighted by atomic mass is 10.0. The van der Waals surface area contributed by atoms with Gasteiger partial charge in [-0.2, -0.15) is 0 Å². The molecular formula is C15H21N5OS. The summed E-state index contributed by atoms with van der Waals surface area (Å²) in [6, 6.07) is 8.35. The van der Waals surface area contributed by atoms with Crippen molar-refractivity contribution >= 4 is 22.5 Å². The molecule has 0 aliphatic carbocycles. The number of aromatic nitrogens is 2. The number of benzene rings is 1. The van der Waals surface area contributed by atoms with E-state index in [0.717, 1.165) is 6.42 Å². The lowest BCUT2D eigenvalue weighted by molar-refractivity contribution is 0.243. The predicted octanol–water partition coefficient (Wildman–Crippen LogP) is 2.52. The number of urea groups is 1. The number of hydrogen-bond donors (Lipinski definition) is 2. The van der Waals surface area contributed by atoms with Crippen LogP contribution in [0.25, 0.3) is 0 Å². The van der Waals surface area contributed by atoms with Gasteiger partial charge in [-0.15, -0.1) is 10.2 Å². The van der Waals surface area contributed by atoms with Gasteiger partial charge >= 0.3 is 6.03 Å². The van der Waals surface area contributed by atoms with Crippen LogP contribution in [0.5, 0.6) is 0 Å². The molecule has 22 heavy (non-hydrogen) atoms. The van der Waals surface area contributed by atoms with Gasteiger partial charge < -0.3 is 10.2 Å². The van der Waals surface area contributed by atoms with E-state index < -0.39 is 0 Å². The Morgan fingerprint density at radius 2 is 2.05 bits per heavy atom. The molecule has 7 heteroatoms. The highest BCUT2D eigenvalue weighted by Crippen LogP contribution is 2.18. The Morgan fingerprint density at radius 1 is 1.32 bits per heavy atom. The molecule has 2 amide bonds. The third-order valence-corrected chi connectivity index (χ3v) is 4.04. The molecule has 0 radical (unpaired) electrons. The number of amides is 2. The Kier molecular flexibility index (Phi) is 5.85. The number of carbonyl (C=O) groups is 1. The maximum Gasteiger partial charge on any atom is 0.321 e. The molecule has 0 fully saturated rings. The van der Waals surface area contributed by atoms with Crippen molar-refractivity contribution in [3.05, 3.63) is 40.9 Å². The van der Waals surface area contributed by atoms with E-state index in [1.807, 2.05) is 14.1 Å². The lowest BCUT2D eigenvalue weighted by Crippen LogP contribution is -2.36. The molecule has 0 saturated heterocycles. The summed E-state index contributed by atoms with van der Waals surface area (Å²) in [5.41, 5.74) is 4.06. The molecular weight excluding hydrogens is 298 g/mol. The maximum atomic E-state index is 11.9. The van der Waals surface area contributed by atoms with Gasteiger partial charge in [-0.3, -0.25) is 5.32 Å². The fourth-order valence-electron chi connectivity index (χ4n) is 2.13. The SMILES string of the molecule is CCc1ccc([C@@H](CNC(=O)Nc2nncs2)N(C)C)cc1. The number of rotatable bonds is 6. The van der Waals surface area contributed by atoms with Crippen LogP contribution in [-0.4, -0.2) is 41.8 Å². The van der Waals surface area contributed by atoms with Crippen molar-refractivity contribution in [1.29, 1.82) is 0 Å². The minimum Gasteiger partial charge on any atom is -0.336 e. The van der Waals surface area contributed by atoms with E-state index in [9.17, 15) is 4.79 Å². The molecule has 0 saturated carbocycles. The second kappa shape index (κ2) is 7.86. The van der Waals surface area contributed by atoms with E-state index in [2.05, 4.69) is 56.9 Å². The molecule has 0 unspecified atom stereocenters. The van der Waals surface area contributed by atoms with Crippen LogP contribution in [0.4, 0.5) is 9.93 Å². The third-order valence-electron chi connectivity index (χ3n) is 3.43. The zero-order valence-electron chi connectivity index (χ0n) is 13.0.